The van der Waals surface area contributed by atoms with Crippen molar-refractivity contribution in [3.05, 3.63) is 0 Å². The average Bonchev–Trinajstić information content (AvgIpc) is 2.48. The molecular weight excluding hydrogens is 317 g/mol. The van der Waals surface area contributed by atoms with Gasteiger partial charge in [0, 0.05) is 0 Å². The van der Waals surface area contributed by atoms with E-state index in [2.05, 4.69) is 20.8 Å². The molecule has 0 amide bonds. The summed E-state index contributed by atoms with van der Waals surface area (Å²) in [4.78, 5) is 9.45. The van der Waals surface area contributed by atoms with Gasteiger partial charge in [0.2, 0.25) is 0 Å². The van der Waals surface area contributed by atoms with Crippen molar-refractivity contribution in [2.75, 3.05) is 19.8 Å². The summed E-state index contributed by atoms with van der Waals surface area (Å²) < 4.78 is 10.2. The van der Waals surface area contributed by atoms with E-state index in [0.29, 0.717) is 13.2 Å². The molecule has 0 aliphatic heterocycles. The molecule has 0 aliphatic carbocycles. The van der Waals surface area contributed by atoms with Crippen molar-refractivity contribution in [1.29, 1.82) is 0 Å². The molecular formula is C16H38NO3PS. The molecule has 6 heteroatoms. The van der Waals surface area contributed by atoms with Crippen LogP contribution in [0.1, 0.15) is 85.0 Å². The number of unbranched alkanes of at least 4 members (excludes halogenated alkanes) is 7. The largest absolute Gasteiger partial charge is 0.330 e. The van der Waals surface area contributed by atoms with Gasteiger partial charge < -0.3 is 19.7 Å². The second-order valence-electron chi connectivity index (χ2n) is 5.40. The third-order valence-corrected chi connectivity index (χ3v) is 4.71. The Labute approximate surface area is 143 Å². The van der Waals surface area contributed by atoms with E-state index in [9.17, 15) is 4.89 Å². The highest BCUT2D eigenvalue weighted by Crippen LogP contribution is 2.43. The van der Waals surface area contributed by atoms with Gasteiger partial charge in [0.05, 0.1) is 13.2 Å². The smallest absolute Gasteiger partial charge is 0.324 e. The summed E-state index contributed by atoms with van der Waals surface area (Å²) in [7, 11) is 0. The van der Waals surface area contributed by atoms with Gasteiger partial charge >= 0.3 is 6.72 Å². The molecule has 3 N–H and O–H groups in total. The van der Waals surface area contributed by atoms with Crippen LogP contribution in [0.5, 0.6) is 0 Å². The van der Waals surface area contributed by atoms with E-state index in [4.69, 9.17) is 26.6 Å². The van der Waals surface area contributed by atoms with Crippen LogP contribution in [-0.2, 0) is 20.9 Å². The Balaban J connectivity index is 0. The normalized spacial score (nSPS) is 11.1. The summed E-state index contributed by atoms with van der Waals surface area (Å²) in [5, 5.41) is 0. The molecule has 0 bridgehead atoms. The fourth-order valence-electron chi connectivity index (χ4n) is 1.61. The van der Waals surface area contributed by atoms with Crippen LogP contribution in [0.25, 0.3) is 0 Å². The Bertz CT molecular complexity index is 236. The van der Waals surface area contributed by atoms with Gasteiger partial charge in [-0.15, -0.1) is 0 Å². The number of rotatable bonds is 14. The van der Waals surface area contributed by atoms with E-state index in [1.165, 1.54) is 38.5 Å². The van der Waals surface area contributed by atoms with E-state index in [-0.39, 0.29) is 0 Å². The molecule has 4 nitrogen and oxygen atoms in total. The lowest BCUT2D eigenvalue weighted by Crippen LogP contribution is -1.97. The number of hydrogen-bond acceptors (Lipinski definition) is 4. The molecule has 0 fully saturated rings. The molecule has 0 rings (SSSR count). The van der Waals surface area contributed by atoms with Crippen LogP contribution >= 0.6 is 6.72 Å². The Hall–Kier alpha value is 0.490. The topological polar surface area (TPSA) is 64.7 Å². The third kappa shape index (κ3) is 22.8. The lowest BCUT2D eigenvalue weighted by atomic mass is 10.1. The van der Waals surface area contributed by atoms with Gasteiger partial charge in [-0.25, -0.2) is 0 Å². The lowest BCUT2D eigenvalue weighted by molar-refractivity contribution is 0.193. The minimum atomic E-state index is -2.92. The van der Waals surface area contributed by atoms with E-state index in [1.807, 2.05) is 0 Å². The molecule has 0 radical (unpaired) electrons. The zero-order valence-corrected chi connectivity index (χ0v) is 16.6. The summed E-state index contributed by atoms with van der Waals surface area (Å²) >= 11 is 4.79. The molecule has 0 aliphatic rings. The highest BCUT2D eigenvalue weighted by molar-refractivity contribution is 8.07. The quantitative estimate of drug-likeness (QED) is 0.333. The first-order chi connectivity index (χ1) is 10.5. The van der Waals surface area contributed by atoms with E-state index in [0.717, 1.165) is 32.2 Å². The van der Waals surface area contributed by atoms with Crippen molar-refractivity contribution in [3.8, 4) is 0 Å². The zero-order chi connectivity index (χ0) is 17.1. The minimum Gasteiger partial charge on any atom is -0.330 e. The van der Waals surface area contributed by atoms with Gasteiger partial charge in [-0.3, -0.25) is 0 Å². The molecule has 0 aromatic carbocycles. The second kappa shape index (κ2) is 19.5. The molecule has 0 atom stereocenters. The minimum absolute atomic E-state index is 0.496. The second-order valence-corrected chi connectivity index (χ2v) is 8.24. The van der Waals surface area contributed by atoms with Crippen molar-refractivity contribution >= 4 is 18.5 Å². The van der Waals surface area contributed by atoms with Crippen LogP contribution in [0.4, 0.5) is 0 Å². The van der Waals surface area contributed by atoms with Crippen LogP contribution in [0.2, 0.25) is 0 Å². The van der Waals surface area contributed by atoms with Gasteiger partial charge in [0.1, 0.15) is 0 Å². The summed E-state index contributed by atoms with van der Waals surface area (Å²) in [6, 6.07) is 0. The predicted molar refractivity (Wildman–Crippen MR) is 101 cm³/mol. The van der Waals surface area contributed by atoms with Crippen LogP contribution < -0.4 is 5.73 Å². The Kier molecular flexibility index (Phi) is 22.0. The van der Waals surface area contributed by atoms with Crippen LogP contribution in [-0.4, -0.2) is 24.7 Å². The first kappa shape index (κ1) is 24.7. The fourth-order valence-corrected chi connectivity index (χ4v) is 2.85. The zero-order valence-electron chi connectivity index (χ0n) is 14.9. The maximum Gasteiger partial charge on any atom is 0.324 e. The summed E-state index contributed by atoms with van der Waals surface area (Å²) in [6.07, 6.45) is 11.9. The number of hydrogen-bond donors (Lipinski definition) is 2. The van der Waals surface area contributed by atoms with Gasteiger partial charge in [0.15, 0.2) is 0 Å². The monoisotopic (exact) mass is 355 g/mol. The first-order valence-corrected chi connectivity index (χ1v) is 11.4. The lowest BCUT2D eigenvalue weighted by Gasteiger charge is -2.14. The molecule has 136 valence electrons. The molecule has 0 spiro atoms. The summed E-state index contributed by atoms with van der Waals surface area (Å²) in [5.74, 6) is 0. The van der Waals surface area contributed by atoms with Gasteiger partial charge in [-0.2, -0.15) is 0 Å². The van der Waals surface area contributed by atoms with E-state index in [1.54, 1.807) is 0 Å². The van der Waals surface area contributed by atoms with Gasteiger partial charge in [0.25, 0.3) is 0 Å². The SMILES string of the molecule is CCCCCCCCN.CCCCOP(O)(=S)OCCCC. The Morgan fingerprint density at radius 3 is 1.59 bits per heavy atom. The molecule has 0 saturated heterocycles. The first-order valence-electron chi connectivity index (χ1n) is 8.85. The van der Waals surface area contributed by atoms with Crippen LogP contribution in [0.15, 0.2) is 0 Å². The van der Waals surface area contributed by atoms with Crippen molar-refractivity contribution in [1.82, 2.24) is 0 Å². The molecule has 0 heterocycles. The molecule has 0 aromatic rings. The Morgan fingerprint density at radius 2 is 1.18 bits per heavy atom. The van der Waals surface area contributed by atoms with Crippen LogP contribution in [0, 0.1) is 0 Å². The predicted octanol–water partition coefficient (Wildman–Crippen LogP) is 5.14. The Morgan fingerprint density at radius 1 is 0.773 bits per heavy atom. The highest BCUT2D eigenvalue weighted by atomic mass is 32.5. The summed E-state index contributed by atoms with van der Waals surface area (Å²) in [5.41, 5.74) is 5.34. The van der Waals surface area contributed by atoms with Crippen molar-refractivity contribution in [2.24, 2.45) is 5.73 Å². The maximum atomic E-state index is 9.45. The molecule has 0 unspecified atom stereocenters. The van der Waals surface area contributed by atoms with E-state index >= 15 is 0 Å². The number of nitrogens with two attached hydrogens (primary N) is 1. The maximum absolute atomic E-state index is 9.45. The summed E-state index contributed by atoms with van der Waals surface area (Å²) in [6.45, 7) is 5.30. The fraction of sp³-hybridized carbons (Fsp3) is 1.00. The molecule has 0 aromatic heterocycles. The van der Waals surface area contributed by atoms with E-state index < -0.39 is 6.72 Å². The van der Waals surface area contributed by atoms with Gasteiger partial charge in [-0.1, -0.05) is 65.7 Å². The van der Waals surface area contributed by atoms with Crippen molar-refractivity contribution in [2.45, 2.75) is 85.0 Å². The van der Waals surface area contributed by atoms with Gasteiger partial charge in [-0.05, 0) is 37.6 Å². The molecule has 0 saturated carbocycles. The van der Waals surface area contributed by atoms with Crippen molar-refractivity contribution in [3.63, 3.8) is 0 Å². The molecule has 22 heavy (non-hydrogen) atoms. The van der Waals surface area contributed by atoms with Crippen LogP contribution in [0.3, 0.4) is 0 Å². The third-order valence-electron chi connectivity index (χ3n) is 3.06. The van der Waals surface area contributed by atoms with Crippen molar-refractivity contribution < 1.29 is 13.9 Å². The standard InChI is InChI=1S/C8H19N.C8H19O3PS/c1-2-3-4-5-6-7-8-9;1-3-5-7-10-12(9,13)11-8-6-4-2/h2-9H2,1H3;3-8H2,1-2H3,(H,9,13). The average molecular weight is 356 g/mol. The highest BCUT2D eigenvalue weighted by Gasteiger charge is 2.13.